The molecule has 0 aromatic heterocycles. The van der Waals surface area contributed by atoms with Gasteiger partial charge in [-0.3, -0.25) is 9.59 Å². The van der Waals surface area contributed by atoms with Gasteiger partial charge in [-0.05, 0) is 62.4 Å². The minimum absolute atomic E-state index is 0.0269. The Bertz CT molecular complexity index is 1060. The fourth-order valence-electron chi connectivity index (χ4n) is 4.90. The van der Waals surface area contributed by atoms with Crippen molar-refractivity contribution in [3.8, 4) is 0 Å². The van der Waals surface area contributed by atoms with Crippen molar-refractivity contribution in [2.24, 2.45) is 0 Å². The fourth-order valence-corrected chi connectivity index (χ4v) is 5.78. The quantitative estimate of drug-likeness (QED) is 0.418. The lowest BCUT2D eigenvalue weighted by Gasteiger charge is -2.30. The number of hydrogen-bond acceptors (Lipinski definition) is 4. The van der Waals surface area contributed by atoms with Crippen LogP contribution in [-0.4, -0.2) is 59.4 Å². The maximum Gasteiger partial charge on any atom is 0.416 e. The zero-order valence-corrected chi connectivity index (χ0v) is 21.8. The van der Waals surface area contributed by atoms with Crippen molar-refractivity contribution in [3.63, 3.8) is 0 Å². The number of thioether (sulfide) groups is 1. The van der Waals surface area contributed by atoms with Crippen LogP contribution in [0.3, 0.4) is 0 Å². The van der Waals surface area contributed by atoms with Crippen LogP contribution in [0.15, 0.2) is 54.6 Å². The number of rotatable bonds is 10. The van der Waals surface area contributed by atoms with Crippen molar-refractivity contribution in [1.82, 2.24) is 15.5 Å². The van der Waals surface area contributed by atoms with Gasteiger partial charge in [0.1, 0.15) is 6.04 Å². The van der Waals surface area contributed by atoms with Crippen LogP contribution in [0.5, 0.6) is 0 Å². The van der Waals surface area contributed by atoms with Gasteiger partial charge in [0.05, 0.1) is 5.56 Å². The molecule has 0 spiro atoms. The van der Waals surface area contributed by atoms with Crippen molar-refractivity contribution in [3.05, 3.63) is 71.3 Å². The average molecular weight is 534 g/mol. The van der Waals surface area contributed by atoms with Crippen molar-refractivity contribution in [2.45, 2.75) is 56.3 Å². The highest BCUT2D eigenvalue weighted by Gasteiger charge is 2.50. The van der Waals surface area contributed by atoms with Gasteiger partial charge < -0.3 is 15.5 Å². The molecule has 2 N–H and O–H groups in total. The summed E-state index contributed by atoms with van der Waals surface area (Å²) in [6.45, 7) is 4.25. The zero-order chi connectivity index (χ0) is 26.5. The predicted molar refractivity (Wildman–Crippen MR) is 141 cm³/mol. The zero-order valence-electron chi connectivity index (χ0n) is 21.0. The molecule has 1 saturated heterocycles. The number of piperidine rings is 1. The summed E-state index contributed by atoms with van der Waals surface area (Å²) in [5.74, 6) is 1.13. The molecule has 1 saturated carbocycles. The molecule has 1 aliphatic heterocycles. The summed E-state index contributed by atoms with van der Waals surface area (Å²) in [7, 11) is 0. The molecule has 4 rings (SSSR count). The first kappa shape index (κ1) is 27.5. The van der Waals surface area contributed by atoms with E-state index in [1.165, 1.54) is 0 Å². The van der Waals surface area contributed by atoms with E-state index in [9.17, 15) is 22.8 Å². The van der Waals surface area contributed by atoms with E-state index in [1.807, 2.05) is 11.0 Å². The molecule has 1 heterocycles. The highest BCUT2D eigenvalue weighted by Crippen LogP contribution is 2.51. The number of carbonyl (C=O) groups excluding carboxylic acids is 2. The summed E-state index contributed by atoms with van der Waals surface area (Å²) in [6, 6.07) is 13.8. The van der Waals surface area contributed by atoms with E-state index in [1.54, 1.807) is 48.2 Å². The Morgan fingerprint density at radius 3 is 2.38 bits per heavy atom. The van der Waals surface area contributed by atoms with Gasteiger partial charge >= 0.3 is 6.18 Å². The van der Waals surface area contributed by atoms with E-state index in [4.69, 9.17) is 0 Å². The number of halogens is 3. The number of benzene rings is 2. The van der Waals surface area contributed by atoms with Crippen LogP contribution < -0.4 is 10.6 Å². The van der Waals surface area contributed by atoms with Crippen LogP contribution in [0.25, 0.3) is 0 Å². The summed E-state index contributed by atoms with van der Waals surface area (Å²) in [4.78, 5) is 27.8. The molecular weight excluding hydrogens is 499 g/mol. The average Bonchev–Trinajstić information content (AvgIpc) is 3.59. The molecule has 1 aliphatic carbocycles. The first-order valence-electron chi connectivity index (χ1n) is 12.8. The van der Waals surface area contributed by atoms with E-state index >= 15 is 0 Å². The second-order valence-electron chi connectivity index (χ2n) is 10.1. The van der Waals surface area contributed by atoms with E-state index in [-0.39, 0.29) is 23.3 Å². The van der Waals surface area contributed by atoms with Gasteiger partial charge in [0, 0.05) is 48.2 Å². The van der Waals surface area contributed by atoms with Gasteiger partial charge in [-0.2, -0.15) is 24.9 Å². The Hall–Kier alpha value is -2.52. The summed E-state index contributed by atoms with van der Waals surface area (Å²) >= 11 is 1.61. The molecule has 200 valence electrons. The topological polar surface area (TPSA) is 61.4 Å². The number of alkyl halides is 3. The molecule has 2 fully saturated rings. The highest BCUT2D eigenvalue weighted by molar-refractivity contribution is 7.99. The molecule has 0 bridgehead atoms. The van der Waals surface area contributed by atoms with Crippen LogP contribution >= 0.6 is 11.8 Å². The van der Waals surface area contributed by atoms with Crippen molar-refractivity contribution in [2.75, 3.05) is 31.1 Å². The van der Waals surface area contributed by atoms with Crippen LogP contribution in [0.2, 0.25) is 0 Å². The van der Waals surface area contributed by atoms with Gasteiger partial charge in [-0.25, -0.2) is 0 Å². The highest BCUT2D eigenvalue weighted by atomic mass is 32.2. The van der Waals surface area contributed by atoms with E-state index in [0.717, 1.165) is 62.2 Å². The molecule has 2 aromatic rings. The lowest BCUT2D eigenvalue weighted by atomic mass is 10.0. The number of hydrogen-bond donors (Lipinski definition) is 2. The third-order valence-electron chi connectivity index (χ3n) is 7.24. The van der Waals surface area contributed by atoms with Crippen LogP contribution in [0, 0.1) is 0 Å². The Balaban J connectivity index is 1.26. The monoisotopic (exact) mass is 533 g/mol. The summed E-state index contributed by atoms with van der Waals surface area (Å²) in [5.41, 5.74) is 0.661. The molecule has 0 unspecified atom stereocenters. The second-order valence-corrected chi connectivity index (χ2v) is 11.2. The Kier molecular flexibility index (Phi) is 8.85. The van der Waals surface area contributed by atoms with Crippen LogP contribution in [0.1, 0.15) is 60.0 Å². The van der Waals surface area contributed by atoms with Gasteiger partial charge in [0.25, 0.3) is 5.91 Å². The molecule has 9 heteroatoms. The van der Waals surface area contributed by atoms with Gasteiger partial charge in [0.15, 0.2) is 0 Å². The smallest absolute Gasteiger partial charge is 0.341 e. The van der Waals surface area contributed by atoms with Gasteiger partial charge in [-0.1, -0.05) is 30.3 Å². The summed E-state index contributed by atoms with van der Waals surface area (Å²) in [5, 5.41) is 6.48. The number of carbonyl (C=O) groups is 2. The molecule has 5 nitrogen and oxygen atoms in total. The number of nitrogens with zero attached hydrogens (tertiary/aromatic N) is 1. The van der Waals surface area contributed by atoms with Crippen molar-refractivity contribution in [1.29, 1.82) is 0 Å². The van der Waals surface area contributed by atoms with Crippen LogP contribution in [0.4, 0.5) is 13.2 Å². The van der Waals surface area contributed by atoms with Crippen LogP contribution in [-0.2, 0) is 11.0 Å². The third kappa shape index (κ3) is 7.29. The minimum atomic E-state index is -4.32. The largest absolute Gasteiger partial charge is 0.416 e. The summed E-state index contributed by atoms with van der Waals surface area (Å²) in [6.07, 6.45) is -0.361. The first-order chi connectivity index (χ1) is 17.7. The molecule has 2 amide bonds. The predicted octanol–water partition coefficient (Wildman–Crippen LogP) is 5.09. The van der Waals surface area contributed by atoms with E-state index in [0.29, 0.717) is 17.9 Å². The SMILES string of the molecule is C[C@@]1(NCCSC[C@H](NC(=O)c2ccccc2)C(=O)N2CCCCC2)C[C@H]1c1ccc(C(F)(F)F)cc1. The maximum absolute atomic E-state index is 13.2. The fraction of sp³-hybridized carbons (Fsp3) is 0.500. The van der Waals surface area contributed by atoms with Gasteiger partial charge in [-0.15, -0.1) is 0 Å². The summed E-state index contributed by atoms with van der Waals surface area (Å²) < 4.78 is 38.5. The lowest BCUT2D eigenvalue weighted by molar-refractivity contribution is -0.137. The van der Waals surface area contributed by atoms with E-state index in [2.05, 4.69) is 17.6 Å². The van der Waals surface area contributed by atoms with E-state index < -0.39 is 17.8 Å². The third-order valence-corrected chi connectivity index (χ3v) is 8.31. The van der Waals surface area contributed by atoms with Crippen molar-refractivity contribution < 1.29 is 22.8 Å². The Morgan fingerprint density at radius 1 is 1.05 bits per heavy atom. The molecule has 37 heavy (non-hydrogen) atoms. The Morgan fingerprint density at radius 2 is 1.73 bits per heavy atom. The first-order valence-corrected chi connectivity index (χ1v) is 14.0. The maximum atomic E-state index is 13.2. The number of likely N-dealkylation sites (tertiary alicyclic amines) is 1. The molecular formula is C28H34F3N3O2S. The molecule has 2 aromatic carbocycles. The van der Waals surface area contributed by atoms with Crippen molar-refractivity contribution >= 4 is 23.6 Å². The second kappa shape index (κ2) is 11.9. The normalized spacial score (nSPS) is 22.4. The lowest BCUT2D eigenvalue weighted by Crippen LogP contribution is -2.51. The Labute approximate surface area is 220 Å². The van der Waals surface area contributed by atoms with Gasteiger partial charge in [0.2, 0.25) is 5.91 Å². The number of nitrogens with one attached hydrogen (secondary N) is 2. The molecule has 3 atom stereocenters. The minimum Gasteiger partial charge on any atom is -0.341 e. The number of amides is 2. The molecule has 2 aliphatic rings. The molecule has 0 radical (unpaired) electrons. The standard InChI is InChI=1S/C28H34F3N3O2S/c1-27(18-23(27)20-10-12-22(13-11-20)28(29,30)31)32-14-17-37-19-24(26(36)34-15-6-3-7-16-34)33-25(35)21-8-4-2-5-9-21/h2,4-5,8-13,23-24,32H,3,6-7,14-19H2,1H3,(H,33,35)/t23-,24-,27+/m0/s1.